The number of hydrogen-bond acceptors (Lipinski definition) is 3. The second-order valence-electron chi connectivity index (χ2n) is 6.07. The number of pyridine rings is 1. The first-order valence-corrected chi connectivity index (χ1v) is 6.99. The number of carbonyl (C=O) groups excluding carboxylic acids is 1. The highest BCUT2D eigenvalue weighted by molar-refractivity contribution is 6.10. The third-order valence-electron chi connectivity index (χ3n) is 3.66. The van der Waals surface area contributed by atoms with E-state index >= 15 is 0 Å². The fourth-order valence-electron chi connectivity index (χ4n) is 2.54. The van der Waals surface area contributed by atoms with Crippen molar-refractivity contribution in [2.45, 2.75) is 33.3 Å². The van der Waals surface area contributed by atoms with E-state index in [1.807, 2.05) is 6.92 Å². The SMILES string of the molecule is CC(=O)c1c(C)n(C)c2c(=O)n(C)cc(C#CC(C)(C)O)c12. The summed E-state index contributed by atoms with van der Waals surface area (Å²) in [4.78, 5) is 24.4. The lowest BCUT2D eigenvalue weighted by molar-refractivity contribution is 0.101. The number of ketones is 1. The predicted octanol–water partition coefficient (Wildman–Crippen LogP) is 1.51. The van der Waals surface area contributed by atoms with Gasteiger partial charge in [0.15, 0.2) is 5.78 Å². The molecule has 0 unspecified atom stereocenters. The molecule has 0 amide bonds. The Balaban J connectivity index is 3.02. The second-order valence-corrected chi connectivity index (χ2v) is 6.07. The highest BCUT2D eigenvalue weighted by atomic mass is 16.3. The first-order valence-electron chi connectivity index (χ1n) is 6.99. The van der Waals surface area contributed by atoms with Gasteiger partial charge in [-0.15, -0.1) is 0 Å². The molecule has 5 nitrogen and oxygen atoms in total. The lowest BCUT2D eigenvalue weighted by atomic mass is 10.0. The summed E-state index contributed by atoms with van der Waals surface area (Å²) in [5.74, 6) is 5.54. The average molecular weight is 300 g/mol. The van der Waals surface area contributed by atoms with Crippen LogP contribution in [0.25, 0.3) is 10.9 Å². The van der Waals surface area contributed by atoms with Gasteiger partial charge in [0.1, 0.15) is 11.1 Å². The van der Waals surface area contributed by atoms with E-state index in [-0.39, 0.29) is 11.3 Å². The third kappa shape index (κ3) is 2.58. The number of aryl methyl sites for hydroxylation is 2. The standard InChI is InChI=1S/C17H20N2O3/c1-10-13(11(2)20)14-12(7-8-17(3,4)22)9-18(5)16(21)15(14)19(10)6/h9,22H,1-6H3. The van der Waals surface area contributed by atoms with Crippen molar-refractivity contribution in [3.63, 3.8) is 0 Å². The number of aliphatic hydroxyl groups is 1. The average Bonchev–Trinajstić information content (AvgIpc) is 2.64. The van der Waals surface area contributed by atoms with Crippen LogP contribution in [0.1, 0.15) is 42.4 Å². The van der Waals surface area contributed by atoms with Gasteiger partial charge in [-0.05, 0) is 27.7 Å². The number of aromatic nitrogens is 2. The smallest absolute Gasteiger partial charge is 0.274 e. The largest absolute Gasteiger partial charge is 0.378 e. The van der Waals surface area contributed by atoms with Gasteiger partial charge < -0.3 is 14.2 Å². The molecule has 0 saturated carbocycles. The molecule has 0 saturated heterocycles. The molecule has 0 fully saturated rings. The second kappa shape index (κ2) is 5.15. The molecule has 0 spiro atoms. The van der Waals surface area contributed by atoms with E-state index in [1.165, 1.54) is 11.5 Å². The number of nitrogens with zero attached hydrogens (tertiary/aromatic N) is 2. The normalized spacial score (nSPS) is 11.4. The Morgan fingerprint density at radius 2 is 1.91 bits per heavy atom. The molecular weight excluding hydrogens is 280 g/mol. The fraction of sp³-hybridized carbons (Fsp3) is 0.412. The minimum atomic E-state index is -1.15. The molecule has 0 aliphatic carbocycles. The lowest BCUT2D eigenvalue weighted by Gasteiger charge is -2.07. The van der Waals surface area contributed by atoms with Crippen LogP contribution in [0.4, 0.5) is 0 Å². The Morgan fingerprint density at radius 3 is 2.41 bits per heavy atom. The van der Waals surface area contributed by atoms with Gasteiger partial charge in [0, 0.05) is 36.9 Å². The molecule has 0 aliphatic rings. The minimum Gasteiger partial charge on any atom is -0.378 e. The minimum absolute atomic E-state index is 0.109. The molecule has 2 heterocycles. The third-order valence-corrected chi connectivity index (χ3v) is 3.66. The molecule has 2 aromatic rings. The molecule has 0 bridgehead atoms. The van der Waals surface area contributed by atoms with Crippen molar-refractivity contribution in [1.29, 1.82) is 0 Å². The van der Waals surface area contributed by atoms with Gasteiger partial charge in [0.25, 0.3) is 5.56 Å². The summed E-state index contributed by atoms with van der Waals surface area (Å²) < 4.78 is 3.17. The number of hydrogen-bond donors (Lipinski definition) is 1. The maximum atomic E-state index is 12.4. The van der Waals surface area contributed by atoms with E-state index in [1.54, 1.807) is 38.7 Å². The van der Waals surface area contributed by atoms with Crippen LogP contribution < -0.4 is 5.56 Å². The molecule has 0 atom stereocenters. The Morgan fingerprint density at radius 1 is 1.32 bits per heavy atom. The Kier molecular flexibility index (Phi) is 3.76. The van der Waals surface area contributed by atoms with Crippen LogP contribution in [0.2, 0.25) is 0 Å². The van der Waals surface area contributed by atoms with E-state index in [9.17, 15) is 14.7 Å². The zero-order valence-electron chi connectivity index (χ0n) is 13.7. The van der Waals surface area contributed by atoms with Crippen molar-refractivity contribution in [3.8, 4) is 11.8 Å². The van der Waals surface area contributed by atoms with Crippen LogP contribution in [-0.2, 0) is 14.1 Å². The lowest BCUT2D eigenvalue weighted by Crippen LogP contribution is -2.19. The quantitative estimate of drug-likeness (QED) is 0.641. The molecule has 0 aromatic carbocycles. The number of carbonyl (C=O) groups is 1. The van der Waals surface area contributed by atoms with Gasteiger partial charge in [-0.2, -0.15) is 0 Å². The van der Waals surface area contributed by atoms with E-state index in [0.717, 1.165) is 5.69 Å². The van der Waals surface area contributed by atoms with Gasteiger partial charge in [0.2, 0.25) is 0 Å². The van der Waals surface area contributed by atoms with E-state index in [0.29, 0.717) is 22.0 Å². The number of rotatable bonds is 1. The summed E-state index contributed by atoms with van der Waals surface area (Å²) in [6, 6.07) is 0. The number of Topliss-reactive ketones (excluding diaryl/α,β-unsaturated/α-hetero) is 1. The van der Waals surface area contributed by atoms with Crippen LogP contribution in [-0.4, -0.2) is 25.6 Å². The van der Waals surface area contributed by atoms with Gasteiger partial charge in [-0.3, -0.25) is 9.59 Å². The highest BCUT2D eigenvalue weighted by Gasteiger charge is 2.21. The molecule has 22 heavy (non-hydrogen) atoms. The molecule has 5 heteroatoms. The summed E-state index contributed by atoms with van der Waals surface area (Å²) in [5, 5.41) is 10.4. The van der Waals surface area contributed by atoms with Gasteiger partial charge >= 0.3 is 0 Å². The summed E-state index contributed by atoms with van der Waals surface area (Å²) in [6.45, 7) is 6.46. The van der Waals surface area contributed by atoms with Crippen LogP contribution in [0.15, 0.2) is 11.0 Å². The summed E-state index contributed by atoms with van der Waals surface area (Å²) in [7, 11) is 3.41. The number of fused-ring (bicyclic) bond motifs is 1. The van der Waals surface area contributed by atoms with Crippen molar-refractivity contribution in [2.24, 2.45) is 14.1 Å². The first-order chi connectivity index (χ1) is 10.0. The Labute approximate surface area is 129 Å². The molecule has 0 aliphatic heterocycles. The van der Waals surface area contributed by atoms with Crippen LogP contribution in [0.3, 0.4) is 0 Å². The van der Waals surface area contributed by atoms with Crippen molar-refractivity contribution in [2.75, 3.05) is 0 Å². The summed E-state index contributed by atoms with van der Waals surface area (Å²) in [6.07, 6.45) is 1.61. The predicted molar refractivity (Wildman–Crippen MR) is 86.1 cm³/mol. The zero-order chi connectivity index (χ0) is 16.8. The molecule has 0 radical (unpaired) electrons. The van der Waals surface area contributed by atoms with Crippen molar-refractivity contribution >= 4 is 16.7 Å². The van der Waals surface area contributed by atoms with E-state index < -0.39 is 5.60 Å². The van der Waals surface area contributed by atoms with Crippen LogP contribution >= 0.6 is 0 Å². The molecule has 2 aromatic heterocycles. The van der Waals surface area contributed by atoms with Gasteiger partial charge in [-0.1, -0.05) is 11.8 Å². The molecular formula is C17H20N2O3. The van der Waals surface area contributed by atoms with Crippen molar-refractivity contribution in [3.05, 3.63) is 33.4 Å². The first kappa shape index (κ1) is 16.1. The van der Waals surface area contributed by atoms with E-state index in [4.69, 9.17) is 0 Å². The molecule has 1 N–H and O–H groups in total. The summed E-state index contributed by atoms with van der Waals surface area (Å²) >= 11 is 0. The fourth-order valence-corrected chi connectivity index (χ4v) is 2.54. The van der Waals surface area contributed by atoms with Gasteiger partial charge in [-0.25, -0.2) is 0 Å². The topological polar surface area (TPSA) is 64.2 Å². The highest BCUT2D eigenvalue weighted by Crippen LogP contribution is 2.26. The Hall–Kier alpha value is -2.32. The zero-order valence-corrected chi connectivity index (χ0v) is 13.7. The monoisotopic (exact) mass is 300 g/mol. The van der Waals surface area contributed by atoms with Crippen molar-refractivity contribution < 1.29 is 9.90 Å². The van der Waals surface area contributed by atoms with Crippen LogP contribution in [0, 0.1) is 18.8 Å². The van der Waals surface area contributed by atoms with Crippen LogP contribution in [0.5, 0.6) is 0 Å². The Bertz CT molecular complexity index is 897. The molecule has 116 valence electrons. The molecule has 2 rings (SSSR count). The summed E-state index contributed by atoms with van der Waals surface area (Å²) in [5.41, 5.74) is 0.927. The van der Waals surface area contributed by atoms with Crippen molar-refractivity contribution in [1.82, 2.24) is 9.13 Å². The van der Waals surface area contributed by atoms with E-state index in [2.05, 4.69) is 11.8 Å². The maximum absolute atomic E-state index is 12.4. The van der Waals surface area contributed by atoms with Gasteiger partial charge in [0.05, 0.1) is 5.56 Å². The maximum Gasteiger partial charge on any atom is 0.274 e.